The van der Waals surface area contributed by atoms with E-state index in [9.17, 15) is 4.79 Å². The van der Waals surface area contributed by atoms with Crippen LogP contribution in [0.15, 0.2) is 24.3 Å². The molecule has 0 saturated heterocycles. The van der Waals surface area contributed by atoms with Crippen LogP contribution in [0.1, 0.15) is 17.3 Å². The lowest BCUT2D eigenvalue weighted by Crippen LogP contribution is -2.51. The van der Waals surface area contributed by atoms with Gasteiger partial charge in [0, 0.05) is 5.69 Å². The van der Waals surface area contributed by atoms with E-state index in [-0.39, 0.29) is 13.2 Å². The van der Waals surface area contributed by atoms with Crippen LogP contribution < -0.4 is 11.1 Å². The summed E-state index contributed by atoms with van der Waals surface area (Å²) in [4.78, 5) is 11.8. The van der Waals surface area contributed by atoms with Gasteiger partial charge in [0.2, 0.25) is 0 Å². The van der Waals surface area contributed by atoms with E-state index >= 15 is 0 Å². The van der Waals surface area contributed by atoms with Gasteiger partial charge in [-0.1, -0.05) is 12.1 Å². The number of hydrogen-bond donors (Lipinski definition) is 4. The molecule has 0 aliphatic rings. The molecule has 5 heteroatoms. The molecule has 0 atom stereocenters. The smallest absolute Gasteiger partial charge is 0.253 e. The lowest BCUT2D eigenvalue weighted by molar-refractivity contribution is 0.0724. The van der Waals surface area contributed by atoms with Gasteiger partial charge in [0.25, 0.3) is 5.91 Å². The van der Waals surface area contributed by atoms with Gasteiger partial charge in [0.05, 0.1) is 24.3 Å². The molecule has 0 aromatic heterocycles. The van der Waals surface area contributed by atoms with Crippen molar-refractivity contribution >= 4 is 11.6 Å². The van der Waals surface area contributed by atoms with E-state index in [1.54, 1.807) is 31.2 Å². The Balaban J connectivity index is 2.84. The predicted octanol–water partition coefficient (Wildman–Crippen LogP) is -0.258. The Morgan fingerprint density at radius 2 is 1.94 bits per heavy atom. The molecule has 0 unspecified atom stereocenters. The zero-order chi connectivity index (χ0) is 12.2. The van der Waals surface area contributed by atoms with E-state index in [2.05, 4.69) is 5.32 Å². The van der Waals surface area contributed by atoms with E-state index in [0.717, 1.165) is 0 Å². The molecule has 5 N–H and O–H groups in total. The van der Waals surface area contributed by atoms with Gasteiger partial charge < -0.3 is 21.3 Å². The summed E-state index contributed by atoms with van der Waals surface area (Å²) >= 11 is 0. The largest absolute Gasteiger partial charge is 0.398 e. The van der Waals surface area contributed by atoms with E-state index in [1.807, 2.05) is 0 Å². The maximum absolute atomic E-state index is 11.8. The average Bonchev–Trinajstić information content (AvgIpc) is 2.29. The molecule has 0 bridgehead atoms. The molecule has 0 spiro atoms. The Morgan fingerprint density at radius 3 is 2.44 bits per heavy atom. The SMILES string of the molecule is CC(CO)(CO)NC(=O)c1ccccc1N. The third kappa shape index (κ3) is 2.71. The summed E-state index contributed by atoms with van der Waals surface area (Å²) < 4.78 is 0. The van der Waals surface area contributed by atoms with Crippen molar-refractivity contribution in [1.29, 1.82) is 0 Å². The first-order chi connectivity index (χ1) is 7.52. The van der Waals surface area contributed by atoms with Crippen molar-refractivity contribution < 1.29 is 15.0 Å². The molecule has 0 saturated carbocycles. The third-order valence-corrected chi connectivity index (χ3v) is 2.32. The average molecular weight is 224 g/mol. The van der Waals surface area contributed by atoms with Crippen LogP contribution >= 0.6 is 0 Å². The third-order valence-electron chi connectivity index (χ3n) is 2.32. The number of nitrogens with one attached hydrogen (secondary N) is 1. The van der Waals surface area contributed by atoms with Crippen molar-refractivity contribution in [3.63, 3.8) is 0 Å². The Hall–Kier alpha value is -1.59. The predicted molar refractivity (Wildman–Crippen MR) is 60.9 cm³/mol. The first-order valence-electron chi connectivity index (χ1n) is 4.91. The number of aliphatic hydroxyl groups is 2. The fraction of sp³-hybridized carbons (Fsp3) is 0.364. The van der Waals surface area contributed by atoms with Crippen LogP contribution in [0.25, 0.3) is 0 Å². The quantitative estimate of drug-likeness (QED) is 0.530. The molecule has 16 heavy (non-hydrogen) atoms. The first-order valence-corrected chi connectivity index (χ1v) is 4.91. The molecular formula is C11H16N2O3. The number of carbonyl (C=O) groups is 1. The summed E-state index contributed by atoms with van der Waals surface area (Å²) in [5.41, 5.74) is 5.28. The number of rotatable bonds is 4. The van der Waals surface area contributed by atoms with Crippen molar-refractivity contribution in [2.75, 3.05) is 18.9 Å². The summed E-state index contributed by atoms with van der Waals surface area (Å²) in [6.07, 6.45) is 0. The van der Waals surface area contributed by atoms with Crippen molar-refractivity contribution in [3.8, 4) is 0 Å². The molecule has 5 nitrogen and oxygen atoms in total. The highest BCUT2D eigenvalue weighted by molar-refractivity contribution is 5.99. The number of hydrogen-bond acceptors (Lipinski definition) is 4. The molecule has 1 aromatic carbocycles. The summed E-state index contributed by atoms with van der Waals surface area (Å²) in [6, 6.07) is 6.62. The lowest BCUT2D eigenvalue weighted by atomic mass is 10.0. The lowest BCUT2D eigenvalue weighted by Gasteiger charge is -2.26. The van der Waals surface area contributed by atoms with Crippen molar-refractivity contribution in [2.45, 2.75) is 12.5 Å². The van der Waals surface area contributed by atoms with Crippen LogP contribution in [-0.2, 0) is 0 Å². The fourth-order valence-corrected chi connectivity index (χ4v) is 1.17. The second-order valence-corrected chi connectivity index (χ2v) is 3.92. The van der Waals surface area contributed by atoms with E-state index in [1.165, 1.54) is 0 Å². The number of carbonyl (C=O) groups excluding carboxylic acids is 1. The molecule has 1 rings (SSSR count). The van der Waals surface area contributed by atoms with Crippen molar-refractivity contribution in [3.05, 3.63) is 29.8 Å². The van der Waals surface area contributed by atoms with Gasteiger partial charge in [-0.05, 0) is 19.1 Å². The second-order valence-electron chi connectivity index (χ2n) is 3.92. The van der Waals surface area contributed by atoms with Gasteiger partial charge >= 0.3 is 0 Å². The number of nitrogen functional groups attached to an aromatic ring is 1. The second kappa shape index (κ2) is 4.96. The Labute approximate surface area is 93.9 Å². The number of anilines is 1. The molecule has 0 aliphatic carbocycles. The molecule has 0 radical (unpaired) electrons. The Morgan fingerprint density at radius 1 is 1.38 bits per heavy atom. The minimum atomic E-state index is -1.04. The van der Waals surface area contributed by atoms with Crippen LogP contribution in [0.2, 0.25) is 0 Å². The van der Waals surface area contributed by atoms with E-state index in [4.69, 9.17) is 15.9 Å². The molecule has 88 valence electrons. The van der Waals surface area contributed by atoms with Gasteiger partial charge in [-0.2, -0.15) is 0 Å². The van der Waals surface area contributed by atoms with Gasteiger partial charge in [0.15, 0.2) is 0 Å². The van der Waals surface area contributed by atoms with E-state index in [0.29, 0.717) is 11.3 Å². The fourth-order valence-electron chi connectivity index (χ4n) is 1.17. The van der Waals surface area contributed by atoms with Crippen LogP contribution in [0.5, 0.6) is 0 Å². The monoisotopic (exact) mass is 224 g/mol. The highest BCUT2D eigenvalue weighted by atomic mass is 16.3. The Bertz CT molecular complexity index is 375. The topological polar surface area (TPSA) is 95.6 Å². The van der Waals surface area contributed by atoms with Crippen LogP contribution in [0, 0.1) is 0 Å². The molecule has 1 amide bonds. The van der Waals surface area contributed by atoms with Gasteiger partial charge in [-0.3, -0.25) is 4.79 Å². The molecule has 1 aromatic rings. The maximum atomic E-state index is 11.8. The number of benzene rings is 1. The van der Waals surface area contributed by atoms with Crippen LogP contribution in [0.3, 0.4) is 0 Å². The Kier molecular flexibility index (Phi) is 3.87. The zero-order valence-corrected chi connectivity index (χ0v) is 9.10. The highest BCUT2D eigenvalue weighted by Gasteiger charge is 2.25. The van der Waals surface area contributed by atoms with Gasteiger partial charge in [-0.25, -0.2) is 0 Å². The minimum Gasteiger partial charge on any atom is -0.398 e. The summed E-state index contributed by atoms with van der Waals surface area (Å²) in [7, 11) is 0. The minimum absolute atomic E-state index is 0.329. The molecule has 0 aliphatic heterocycles. The molecular weight excluding hydrogens is 208 g/mol. The van der Waals surface area contributed by atoms with Crippen LogP contribution in [-0.4, -0.2) is 34.9 Å². The molecule has 0 fully saturated rings. The van der Waals surface area contributed by atoms with Crippen molar-refractivity contribution in [1.82, 2.24) is 5.32 Å². The summed E-state index contributed by atoms with van der Waals surface area (Å²) in [5, 5.41) is 20.6. The normalized spacial score (nSPS) is 11.2. The number of para-hydroxylation sites is 1. The van der Waals surface area contributed by atoms with Crippen molar-refractivity contribution in [2.24, 2.45) is 0 Å². The van der Waals surface area contributed by atoms with Gasteiger partial charge in [-0.15, -0.1) is 0 Å². The number of amides is 1. The van der Waals surface area contributed by atoms with Gasteiger partial charge in [0.1, 0.15) is 0 Å². The zero-order valence-electron chi connectivity index (χ0n) is 9.10. The number of nitrogens with two attached hydrogens (primary N) is 1. The maximum Gasteiger partial charge on any atom is 0.253 e. The standard InChI is InChI=1S/C11H16N2O3/c1-11(6-14,7-15)13-10(16)8-4-2-3-5-9(8)12/h2-5,14-15H,6-7,12H2,1H3,(H,13,16). The summed E-state index contributed by atoms with van der Waals surface area (Å²) in [5.74, 6) is -0.413. The summed E-state index contributed by atoms with van der Waals surface area (Å²) in [6.45, 7) is 0.855. The first kappa shape index (κ1) is 12.5. The molecule has 0 heterocycles. The van der Waals surface area contributed by atoms with Crippen LogP contribution in [0.4, 0.5) is 5.69 Å². The highest BCUT2D eigenvalue weighted by Crippen LogP contribution is 2.12. The van der Waals surface area contributed by atoms with E-state index < -0.39 is 11.4 Å². The number of aliphatic hydroxyl groups excluding tert-OH is 2.